The number of piperidine rings is 1. The molecule has 0 bridgehead atoms. The molecule has 6 heteroatoms. The van der Waals surface area contributed by atoms with Crippen LogP contribution >= 0.6 is 11.6 Å². The molecule has 1 aliphatic heterocycles. The van der Waals surface area contributed by atoms with E-state index in [4.69, 9.17) is 11.6 Å². The van der Waals surface area contributed by atoms with Gasteiger partial charge in [0.05, 0.1) is 5.56 Å². The maximum Gasteiger partial charge on any atom is 0.416 e. The minimum absolute atomic E-state index is 0.145. The molecule has 100 valence electrons. The highest BCUT2D eigenvalue weighted by molar-refractivity contribution is 6.31. The number of aliphatic hydroxyl groups is 1. The smallest absolute Gasteiger partial charge is 0.384 e. The van der Waals surface area contributed by atoms with Gasteiger partial charge in [-0.3, -0.25) is 0 Å². The van der Waals surface area contributed by atoms with Gasteiger partial charge in [0.2, 0.25) is 0 Å². The molecule has 1 unspecified atom stereocenters. The zero-order chi connectivity index (χ0) is 13.4. The second kappa shape index (κ2) is 4.72. The molecule has 0 aromatic heterocycles. The topological polar surface area (TPSA) is 32.3 Å². The number of halogens is 4. The molecule has 18 heavy (non-hydrogen) atoms. The summed E-state index contributed by atoms with van der Waals surface area (Å²) in [5, 5.41) is 13.5. The van der Waals surface area contributed by atoms with E-state index >= 15 is 0 Å². The Morgan fingerprint density at radius 3 is 2.61 bits per heavy atom. The average molecular weight is 280 g/mol. The van der Waals surface area contributed by atoms with Gasteiger partial charge in [0.25, 0.3) is 0 Å². The molecule has 2 nitrogen and oxygen atoms in total. The fraction of sp³-hybridized carbons (Fsp3) is 0.500. The fourth-order valence-electron chi connectivity index (χ4n) is 2.18. The number of rotatable bonds is 1. The van der Waals surface area contributed by atoms with Crippen LogP contribution in [0.2, 0.25) is 5.02 Å². The summed E-state index contributed by atoms with van der Waals surface area (Å²) in [5.41, 5.74) is -1.97. The van der Waals surface area contributed by atoms with Gasteiger partial charge in [-0.1, -0.05) is 11.6 Å². The van der Waals surface area contributed by atoms with E-state index in [-0.39, 0.29) is 17.1 Å². The Hall–Kier alpha value is -0.780. The summed E-state index contributed by atoms with van der Waals surface area (Å²) in [4.78, 5) is 0. The summed E-state index contributed by atoms with van der Waals surface area (Å²) in [6.45, 7) is 0.965. The predicted molar refractivity (Wildman–Crippen MR) is 62.5 cm³/mol. The molecule has 2 N–H and O–H groups in total. The first-order chi connectivity index (χ1) is 8.33. The molecule has 0 saturated carbocycles. The standard InChI is InChI=1S/C12H13ClF3NO/c13-10-3-2-8(12(14,15)16)6-9(10)11(18)4-1-5-17-7-11/h2-3,6,17-18H,1,4-5,7H2. The van der Waals surface area contributed by atoms with Crippen molar-refractivity contribution < 1.29 is 18.3 Å². The van der Waals surface area contributed by atoms with Gasteiger partial charge in [-0.2, -0.15) is 13.2 Å². The molecular weight excluding hydrogens is 267 g/mol. The molecule has 1 fully saturated rings. The average Bonchev–Trinajstić information content (AvgIpc) is 2.28. The first kappa shape index (κ1) is 13.6. The second-order valence-corrected chi connectivity index (χ2v) is 4.91. The third-order valence-electron chi connectivity index (χ3n) is 3.16. The van der Waals surface area contributed by atoms with Crippen molar-refractivity contribution in [1.29, 1.82) is 0 Å². The van der Waals surface area contributed by atoms with E-state index in [1.54, 1.807) is 0 Å². The predicted octanol–water partition coefficient (Wildman–Crippen LogP) is 2.93. The van der Waals surface area contributed by atoms with E-state index in [0.717, 1.165) is 18.7 Å². The van der Waals surface area contributed by atoms with Crippen LogP contribution in [0.1, 0.15) is 24.0 Å². The molecule has 0 radical (unpaired) electrons. The van der Waals surface area contributed by atoms with Gasteiger partial charge >= 0.3 is 6.18 Å². The molecule has 0 aliphatic carbocycles. The van der Waals surface area contributed by atoms with E-state index in [1.165, 1.54) is 6.07 Å². The lowest BCUT2D eigenvalue weighted by Crippen LogP contribution is -2.43. The molecule has 0 spiro atoms. The molecule has 1 atom stereocenters. The van der Waals surface area contributed by atoms with E-state index in [2.05, 4.69) is 5.32 Å². The minimum Gasteiger partial charge on any atom is -0.384 e. The van der Waals surface area contributed by atoms with Gasteiger partial charge in [0.1, 0.15) is 5.60 Å². The lowest BCUT2D eigenvalue weighted by atomic mass is 9.86. The largest absolute Gasteiger partial charge is 0.416 e. The maximum absolute atomic E-state index is 12.7. The van der Waals surface area contributed by atoms with Gasteiger partial charge in [-0.05, 0) is 37.6 Å². The van der Waals surface area contributed by atoms with Crippen LogP contribution in [0.5, 0.6) is 0 Å². The van der Waals surface area contributed by atoms with Gasteiger partial charge in [-0.25, -0.2) is 0 Å². The van der Waals surface area contributed by atoms with Crippen molar-refractivity contribution in [1.82, 2.24) is 5.32 Å². The van der Waals surface area contributed by atoms with E-state index in [9.17, 15) is 18.3 Å². The summed E-state index contributed by atoms with van der Waals surface area (Å²) in [6, 6.07) is 3.05. The Kier molecular flexibility index (Phi) is 3.58. The van der Waals surface area contributed by atoms with Crippen molar-refractivity contribution in [2.24, 2.45) is 0 Å². The Morgan fingerprint density at radius 2 is 2.06 bits per heavy atom. The molecule has 0 amide bonds. The number of benzene rings is 1. The van der Waals surface area contributed by atoms with Crippen LogP contribution in [-0.2, 0) is 11.8 Å². The van der Waals surface area contributed by atoms with Gasteiger partial charge < -0.3 is 10.4 Å². The zero-order valence-corrected chi connectivity index (χ0v) is 10.3. The van der Waals surface area contributed by atoms with Crippen LogP contribution in [0.3, 0.4) is 0 Å². The van der Waals surface area contributed by atoms with Crippen LogP contribution in [0.4, 0.5) is 13.2 Å². The maximum atomic E-state index is 12.7. The van der Waals surface area contributed by atoms with Crippen molar-refractivity contribution in [3.63, 3.8) is 0 Å². The van der Waals surface area contributed by atoms with Crippen molar-refractivity contribution in [3.05, 3.63) is 34.3 Å². The lowest BCUT2D eigenvalue weighted by Gasteiger charge is -2.34. The second-order valence-electron chi connectivity index (χ2n) is 4.50. The van der Waals surface area contributed by atoms with Crippen molar-refractivity contribution in [2.75, 3.05) is 13.1 Å². The van der Waals surface area contributed by atoms with Crippen LogP contribution < -0.4 is 5.32 Å². The SMILES string of the molecule is OC1(c2cc(C(F)(F)F)ccc2Cl)CCCNC1. The molecule has 1 aromatic rings. The number of nitrogens with one attached hydrogen (secondary N) is 1. The van der Waals surface area contributed by atoms with E-state index in [1.807, 2.05) is 0 Å². The van der Waals surface area contributed by atoms with Crippen LogP contribution in [0, 0.1) is 0 Å². The van der Waals surface area contributed by atoms with Crippen molar-refractivity contribution in [2.45, 2.75) is 24.6 Å². The van der Waals surface area contributed by atoms with E-state index in [0.29, 0.717) is 12.8 Å². The third-order valence-corrected chi connectivity index (χ3v) is 3.49. The summed E-state index contributed by atoms with van der Waals surface area (Å²) >= 11 is 5.91. The first-order valence-electron chi connectivity index (χ1n) is 5.63. The Morgan fingerprint density at radius 1 is 1.33 bits per heavy atom. The Balaban J connectivity index is 2.43. The first-order valence-corrected chi connectivity index (χ1v) is 6.01. The molecule has 1 aromatic carbocycles. The lowest BCUT2D eigenvalue weighted by molar-refractivity contribution is -0.137. The highest BCUT2D eigenvalue weighted by atomic mass is 35.5. The molecule has 1 saturated heterocycles. The fourth-order valence-corrected chi connectivity index (χ4v) is 2.47. The Labute approximate surface area is 108 Å². The quantitative estimate of drug-likeness (QED) is 0.828. The number of hydrogen-bond donors (Lipinski definition) is 2. The molecule has 1 heterocycles. The number of alkyl halides is 3. The minimum atomic E-state index is -4.43. The normalized spacial score (nSPS) is 25.2. The van der Waals surface area contributed by atoms with E-state index < -0.39 is 17.3 Å². The monoisotopic (exact) mass is 279 g/mol. The van der Waals surface area contributed by atoms with Gasteiger partial charge in [-0.15, -0.1) is 0 Å². The molecule has 1 aliphatic rings. The highest BCUT2D eigenvalue weighted by Gasteiger charge is 2.37. The zero-order valence-electron chi connectivity index (χ0n) is 9.52. The molecule has 2 rings (SSSR count). The summed E-state index contributed by atoms with van der Waals surface area (Å²) in [7, 11) is 0. The van der Waals surface area contributed by atoms with Crippen molar-refractivity contribution in [3.8, 4) is 0 Å². The highest BCUT2D eigenvalue weighted by Crippen LogP contribution is 2.38. The number of β-amino-alcohol motifs (C(OH)–C–C–N with tert-alkyl or cyclic N) is 1. The van der Waals surface area contributed by atoms with Gasteiger partial charge in [0.15, 0.2) is 0 Å². The summed E-state index contributed by atoms with van der Waals surface area (Å²) < 4.78 is 38.0. The molecular formula is C12H13ClF3NO. The summed E-state index contributed by atoms with van der Waals surface area (Å²) in [5.74, 6) is 0. The Bertz CT molecular complexity index is 441. The van der Waals surface area contributed by atoms with Crippen LogP contribution in [0.25, 0.3) is 0 Å². The number of hydrogen-bond acceptors (Lipinski definition) is 2. The van der Waals surface area contributed by atoms with Crippen LogP contribution in [-0.4, -0.2) is 18.2 Å². The van der Waals surface area contributed by atoms with Gasteiger partial charge in [0, 0.05) is 17.1 Å². The third kappa shape index (κ3) is 2.63. The van der Waals surface area contributed by atoms with Crippen molar-refractivity contribution >= 4 is 11.6 Å². The summed E-state index contributed by atoms with van der Waals surface area (Å²) in [6.07, 6.45) is -3.33. The van der Waals surface area contributed by atoms with Crippen LogP contribution in [0.15, 0.2) is 18.2 Å².